The van der Waals surface area contributed by atoms with E-state index in [0.717, 1.165) is 11.1 Å². The van der Waals surface area contributed by atoms with Crippen LogP contribution in [0.25, 0.3) is 0 Å². The van der Waals surface area contributed by atoms with Crippen LogP contribution >= 0.6 is 0 Å². The van der Waals surface area contributed by atoms with Crippen molar-refractivity contribution in [1.29, 1.82) is 0 Å². The monoisotopic (exact) mass is 404 g/mol. The first kappa shape index (κ1) is 20.1. The van der Waals surface area contributed by atoms with E-state index in [1.54, 1.807) is 6.07 Å². The molecule has 1 amide bonds. The quantitative estimate of drug-likeness (QED) is 0.650. The summed E-state index contributed by atoms with van der Waals surface area (Å²) in [4.78, 5) is 15.5. The van der Waals surface area contributed by atoms with Gasteiger partial charge in [0, 0.05) is 19.2 Å². The van der Waals surface area contributed by atoms with Crippen molar-refractivity contribution in [1.82, 2.24) is 4.90 Å². The number of hydrogen-bond acceptors (Lipinski definition) is 3. The van der Waals surface area contributed by atoms with Gasteiger partial charge in [-0.1, -0.05) is 60.7 Å². The van der Waals surface area contributed by atoms with Gasteiger partial charge in [0.25, 0.3) is 0 Å². The molecule has 0 saturated carbocycles. The van der Waals surface area contributed by atoms with E-state index in [1.165, 1.54) is 12.1 Å². The summed E-state index contributed by atoms with van der Waals surface area (Å²) < 4.78 is 20.0. The van der Waals surface area contributed by atoms with Gasteiger partial charge in [-0.3, -0.25) is 9.69 Å². The number of anilines is 1. The summed E-state index contributed by atoms with van der Waals surface area (Å²) in [6, 6.07) is 23.7. The van der Waals surface area contributed by atoms with Gasteiger partial charge in [0.2, 0.25) is 5.91 Å². The first-order valence-electron chi connectivity index (χ1n) is 10.0. The zero-order chi connectivity index (χ0) is 21.1. The number of halogens is 1. The number of rotatable bonds is 5. The van der Waals surface area contributed by atoms with Gasteiger partial charge in [-0.05, 0) is 37.1 Å². The molecular formula is C25H25FN2O2. The van der Waals surface area contributed by atoms with Gasteiger partial charge in [-0.25, -0.2) is 4.39 Å². The lowest BCUT2D eigenvalue weighted by atomic mass is 9.94. The van der Waals surface area contributed by atoms with Crippen LogP contribution in [0.4, 0.5) is 10.1 Å². The predicted molar refractivity (Wildman–Crippen MR) is 116 cm³/mol. The molecule has 1 heterocycles. The summed E-state index contributed by atoms with van der Waals surface area (Å²) in [5, 5.41) is 2.88. The van der Waals surface area contributed by atoms with E-state index >= 15 is 0 Å². The Hall–Kier alpha value is -3.18. The summed E-state index contributed by atoms with van der Waals surface area (Å²) in [6.45, 7) is 4.95. The second-order valence-electron chi connectivity index (χ2n) is 8.11. The SMILES string of the molecule is CC1(C)Oc2ccc(F)cc2NC(=O)C1N(Cc1ccccc1)Cc1ccccc1. The number of carbonyl (C=O) groups excluding carboxylic acids is 1. The van der Waals surface area contributed by atoms with Gasteiger partial charge in [0.1, 0.15) is 23.2 Å². The lowest BCUT2D eigenvalue weighted by Gasteiger charge is -2.39. The van der Waals surface area contributed by atoms with Crippen molar-refractivity contribution in [3.63, 3.8) is 0 Å². The molecule has 0 aliphatic carbocycles. The number of ether oxygens (including phenoxy) is 1. The molecule has 0 bridgehead atoms. The lowest BCUT2D eigenvalue weighted by molar-refractivity contribution is -0.128. The Balaban J connectivity index is 1.71. The van der Waals surface area contributed by atoms with E-state index in [4.69, 9.17) is 4.74 Å². The van der Waals surface area contributed by atoms with E-state index < -0.39 is 17.5 Å². The molecular weight excluding hydrogens is 379 g/mol. The van der Waals surface area contributed by atoms with Gasteiger partial charge < -0.3 is 10.1 Å². The predicted octanol–water partition coefficient (Wildman–Crippen LogP) is 5.01. The minimum atomic E-state index is -0.837. The third kappa shape index (κ3) is 4.36. The van der Waals surface area contributed by atoms with E-state index in [2.05, 4.69) is 10.2 Å². The summed E-state index contributed by atoms with van der Waals surface area (Å²) in [5.74, 6) is -0.160. The molecule has 0 spiro atoms. The normalized spacial score (nSPS) is 17.6. The van der Waals surface area contributed by atoms with Crippen molar-refractivity contribution in [3.8, 4) is 5.75 Å². The van der Waals surface area contributed by atoms with Crippen LogP contribution in [0.15, 0.2) is 78.9 Å². The van der Waals surface area contributed by atoms with Gasteiger partial charge in [0.15, 0.2) is 0 Å². The number of nitrogens with zero attached hydrogens (tertiary/aromatic N) is 1. The minimum Gasteiger partial charge on any atom is -0.483 e. The Kier molecular flexibility index (Phi) is 5.55. The van der Waals surface area contributed by atoms with Crippen LogP contribution in [0, 0.1) is 5.82 Å². The zero-order valence-electron chi connectivity index (χ0n) is 17.1. The molecule has 1 aliphatic rings. The van der Waals surface area contributed by atoms with Crippen molar-refractivity contribution < 1.29 is 13.9 Å². The first-order chi connectivity index (χ1) is 14.4. The molecule has 3 aromatic rings. The second kappa shape index (κ2) is 8.28. The largest absolute Gasteiger partial charge is 0.483 e. The van der Waals surface area contributed by atoms with Crippen molar-refractivity contribution in [3.05, 3.63) is 95.8 Å². The molecule has 1 unspecified atom stereocenters. The van der Waals surface area contributed by atoms with Crippen LogP contribution in [0.1, 0.15) is 25.0 Å². The Morgan fingerprint density at radius 1 is 0.933 bits per heavy atom. The highest BCUT2D eigenvalue weighted by Crippen LogP contribution is 2.36. The molecule has 0 aromatic heterocycles. The zero-order valence-corrected chi connectivity index (χ0v) is 17.1. The molecule has 1 atom stereocenters. The molecule has 0 saturated heterocycles. The van der Waals surface area contributed by atoms with Crippen LogP contribution in [0.3, 0.4) is 0 Å². The molecule has 30 heavy (non-hydrogen) atoms. The number of hydrogen-bond donors (Lipinski definition) is 1. The molecule has 154 valence electrons. The average molecular weight is 404 g/mol. The van der Waals surface area contributed by atoms with Crippen LogP contribution in [-0.2, 0) is 17.9 Å². The van der Waals surface area contributed by atoms with Gasteiger partial charge in [0.05, 0.1) is 5.69 Å². The third-order valence-electron chi connectivity index (χ3n) is 5.30. The number of carbonyl (C=O) groups is 1. The van der Waals surface area contributed by atoms with Gasteiger partial charge >= 0.3 is 0 Å². The number of amides is 1. The van der Waals surface area contributed by atoms with Gasteiger partial charge in [-0.15, -0.1) is 0 Å². The van der Waals surface area contributed by atoms with E-state index in [-0.39, 0.29) is 5.91 Å². The van der Waals surface area contributed by atoms with E-state index in [1.807, 2.05) is 74.5 Å². The van der Waals surface area contributed by atoms with Crippen LogP contribution in [0.2, 0.25) is 0 Å². The molecule has 1 N–H and O–H groups in total. The minimum absolute atomic E-state index is 0.212. The maximum atomic E-state index is 13.8. The Labute approximate surface area is 176 Å². The molecule has 0 radical (unpaired) electrons. The second-order valence-corrected chi connectivity index (χ2v) is 8.11. The fraction of sp³-hybridized carbons (Fsp3) is 0.240. The maximum Gasteiger partial charge on any atom is 0.245 e. The highest BCUT2D eigenvalue weighted by Gasteiger charge is 2.44. The van der Waals surface area contributed by atoms with Crippen LogP contribution in [0.5, 0.6) is 5.75 Å². The number of nitrogens with one attached hydrogen (secondary N) is 1. The topological polar surface area (TPSA) is 41.6 Å². The standard InChI is InChI=1S/C25H25FN2O2/c1-25(2)23(24(29)27-21-15-20(26)13-14-22(21)30-25)28(16-18-9-5-3-6-10-18)17-19-11-7-4-8-12-19/h3-15,23H,16-17H2,1-2H3,(H,27,29). The molecule has 4 rings (SSSR count). The Morgan fingerprint density at radius 2 is 1.50 bits per heavy atom. The smallest absolute Gasteiger partial charge is 0.245 e. The first-order valence-corrected chi connectivity index (χ1v) is 10.0. The van der Waals surface area contributed by atoms with Gasteiger partial charge in [-0.2, -0.15) is 0 Å². The van der Waals surface area contributed by atoms with Crippen molar-refractivity contribution >= 4 is 11.6 Å². The third-order valence-corrected chi connectivity index (χ3v) is 5.30. The fourth-order valence-electron chi connectivity index (χ4n) is 4.02. The fourth-order valence-corrected chi connectivity index (χ4v) is 4.02. The van der Waals surface area contributed by atoms with Crippen LogP contribution in [-0.4, -0.2) is 22.4 Å². The maximum absolute atomic E-state index is 13.8. The van der Waals surface area contributed by atoms with E-state index in [9.17, 15) is 9.18 Å². The molecule has 1 aliphatic heterocycles. The molecule has 3 aromatic carbocycles. The summed E-state index contributed by atoms with van der Waals surface area (Å²) in [6.07, 6.45) is 0. The van der Waals surface area contributed by atoms with Crippen molar-refractivity contribution in [2.75, 3.05) is 5.32 Å². The van der Waals surface area contributed by atoms with Crippen molar-refractivity contribution in [2.45, 2.75) is 38.6 Å². The number of benzene rings is 3. The average Bonchev–Trinajstić information content (AvgIpc) is 2.81. The Bertz CT molecular complexity index is 980. The highest BCUT2D eigenvalue weighted by atomic mass is 19.1. The number of fused-ring (bicyclic) bond motifs is 1. The Morgan fingerprint density at radius 3 is 2.07 bits per heavy atom. The lowest BCUT2D eigenvalue weighted by Crippen LogP contribution is -2.57. The highest BCUT2D eigenvalue weighted by molar-refractivity contribution is 5.97. The van der Waals surface area contributed by atoms with Crippen LogP contribution < -0.4 is 10.1 Å². The summed E-state index contributed by atoms with van der Waals surface area (Å²) >= 11 is 0. The molecule has 0 fully saturated rings. The van der Waals surface area contributed by atoms with E-state index in [0.29, 0.717) is 24.5 Å². The summed E-state index contributed by atoms with van der Waals surface area (Å²) in [5.41, 5.74) is 1.72. The summed E-state index contributed by atoms with van der Waals surface area (Å²) in [7, 11) is 0. The molecule has 5 heteroatoms. The molecule has 4 nitrogen and oxygen atoms in total. The van der Waals surface area contributed by atoms with Crippen molar-refractivity contribution in [2.24, 2.45) is 0 Å².